The number of pyridine rings is 1. The molecule has 9 heteroatoms. The molecule has 0 spiro atoms. The second kappa shape index (κ2) is 10.4. The van der Waals surface area contributed by atoms with Crippen molar-refractivity contribution < 1.29 is 4.39 Å². The summed E-state index contributed by atoms with van der Waals surface area (Å²) in [5.74, 6) is 0.381. The van der Waals surface area contributed by atoms with E-state index in [1.54, 1.807) is 16.8 Å². The van der Waals surface area contributed by atoms with Crippen LogP contribution in [-0.2, 0) is 6.54 Å². The summed E-state index contributed by atoms with van der Waals surface area (Å²) < 4.78 is 15.3. The summed E-state index contributed by atoms with van der Waals surface area (Å²) in [4.78, 5) is 21.2. The van der Waals surface area contributed by atoms with Gasteiger partial charge in [-0.25, -0.2) is 9.07 Å². The average Bonchev–Trinajstić information content (AvgIpc) is 3.39. The summed E-state index contributed by atoms with van der Waals surface area (Å²) in [5.41, 5.74) is 5.64. The summed E-state index contributed by atoms with van der Waals surface area (Å²) >= 11 is 0. The molecule has 1 saturated heterocycles. The van der Waals surface area contributed by atoms with Gasteiger partial charge in [0.05, 0.1) is 6.54 Å². The van der Waals surface area contributed by atoms with Crippen molar-refractivity contribution in [1.82, 2.24) is 30.1 Å². The number of aryl methyl sites for hydroxylation is 2. The van der Waals surface area contributed by atoms with Crippen molar-refractivity contribution >= 4 is 16.6 Å². The molecule has 1 aliphatic rings. The van der Waals surface area contributed by atoms with E-state index in [0.29, 0.717) is 31.0 Å². The highest BCUT2D eigenvalue weighted by Gasteiger charge is 2.33. The zero-order valence-corrected chi connectivity index (χ0v) is 22.0. The Morgan fingerprint density at radius 3 is 2.38 bits per heavy atom. The van der Waals surface area contributed by atoms with E-state index < -0.39 is 6.04 Å². The molecule has 5 aromatic rings. The van der Waals surface area contributed by atoms with E-state index in [1.807, 2.05) is 49.4 Å². The first-order chi connectivity index (χ1) is 19.0. The molecule has 0 radical (unpaired) electrons. The van der Waals surface area contributed by atoms with Crippen molar-refractivity contribution in [3.63, 3.8) is 0 Å². The number of fused-ring (bicyclic) bond motifs is 1. The maximum Gasteiger partial charge on any atom is 0.253 e. The topological polar surface area (TPSA) is 82.9 Å². The Hall–Kier alpha value is -4.37. The van der Waals surface area contributed by atoms with E-state index in [9.17, 15) is 9.18 Å². The molecule has 8 nitrogen and oxygen atoms in total. The predicted octanol–water partition coefficient (Wildman–Crippen LogP) is 4.23. The van der Waals surface area contributed by atoms with Crippen LogP contribution in [0.5, 0.6) is 0 Å². The van der Waals surface area contributed by atoms with Gasteiger partial charge in [0.25, 0.3) is 5.56 Å². The van der Waals surface area contributed by atoms with E-state index in [1.165, 1.54) is 17.7 Å². The van der Waals surface area contributed by atoms with Crippen LogP contribution < -0.4 is 10.5 Å². The first-order valence-electron chi connectivity index (χ1n) is 13.1. The third-order valence-corrected chi connectivity index (χ3v) is 7.63. The van der Waals surface area contributed by atoms with Crippen LogP contribution in [-0.4, -0.2) is 56.3 Å². The molecule has 3 heterocycles. The van der Waals surface area contributed by atoms with Gasteiger partial charge in [0.2, 0.25) is 0 Å². The maximum atomic E-state index is 13.6. The number of H-pyrrole nitrogens is 1. The smallest absolute Gasteiger partial charge is 0.253 e. The minimum atomic E-state index is -0.436. The van der Waals surface area contributed by atoms with Crippen LogP contribution >= 0.6 is 0 Å². The number of nitrogens with one attached hydrogen (secondary N) is 1. The molecule has 0 saturated carbocycles. The van der Waals surface area contributed by atoms with Crippen LogP contribution in [0.25, 0.3) is 10.9 Å². The molecule has 0 amide bonds. The minimum Gasteiger partial charge on any atom is -0.369 e. The number of aromatic amines is 1. The monoisotopic (exact) mass is 523 g/mol. The van der Waals surface area contributed by atoms with E-state index in [4.69, 9.17) is 0 Å². The Morgan fingerprint density at radius 2 is 1.64 bits per heavy atom. The molecule has 6 rings (SSSR count). The third-order valence-electron chi connectivity index (χ3n) is 7.63. The Kier molecular flexibility index (Phi) is 6.66. The maximum absolute atomic E-state index is 13.6. The van der Waals surface area contributed by atoms with Gasteiger partial charge < -0.3 is 9.88 Å². The average molecular weight is 524 g/mol. The first-order valence-corrected chi connectivity index (χ1v) is 13.1. The fraction of sp³-hybridized carbons (Fsp3) is 0.267. The highest BCUT2D eigenvalue weighted by atomic mass is 19.1. The summed E-state index contributed by atoms with van der Waals surface area (Å²) in [5, 5.41) is 13.8. The summed E-state index contributed by atoms with van der Waals surface area (Å²) in [7, 11) is 0. The van der Waals surface area contributed by atoms with Gasteiger partial charge in [-0.15, -0.1) is 5.10 Å². The minimum absolute atomic E-state index is 0.147. The van der Waals surface area contributed by atoms with Gasteiger partial charge >= 0.3 is 0 Å². The molecule has 0 bridgehead atoms. The van der Waals surface area contributed by atoms with Gasteiger partial charge in [-0.3, -0.25) is 9.69 Å². The zero-order valence-electron chi connectivity index (χ0n) is 22.0. The zero-order chi connectivity index (χ0) is 26.9. The number of aromatic nitrogens is 5. The van der Waals surface area contributed by atoms with Crippen LogP contribution in [0.3, 0.4) is 0 Å². The summed E-state index contributed by atoms with van der Waals surface area (Å²) in [6.45, 7) is 7.45. The number of rotatable bonds is 6. The number of halogens is 1. The Labute approximate surface area is 225 Å². The number of nitrogens with zero attached hydrogens (tertiary/aromatic N) is 6. The Bertz CT molecular complexity index is 1660. The molecule has 3 aromatic carbocycles. The predicted molar refractivity (Wildman–Crippen MR) is 149 cm³/mol. The molecule has 0 aliphatic carbocycles. The van der Waals surface area contributed by atoms with Crippen molar-refractivity contribution in [2.75, 3.05) is 31.1 Å². The molecular formula is C30H30FN7O. The number of piperazine rings is 1. The lowest BCUT2D eigenvalue weighted by molar-refractivity contribution is 0.200. The molecule has 1 N–H and O–H groups in total. The van der Waals surface area contributed by atoms with Crippen molar-refractivity contribution in [3.05, 3.63) is 117 Å². The van der Waals surface area contributed by atoms with Crippen molar-refractivity contribution in [2.24, 2.45) is 0 Å². The Balaban J connectivity index is 1.39. The lowest BCUT2D eigenvalue weighted by Crippen LogP contribution is -2.49. The van der Waals surface area contributed by atoms with E-state index in [-0.39, 0.29) is 11.4 Å². The van der Waals surface area contributed by atoms with Crippen LogP contribution in [0.1, 0.15) is 34.1 Å². The van der Waals surface area contributed by atoms with Gasteiger partial charge in [0.1, 0.15) is 11.9 Å². The number of tetrazole rings is 1. The number of benzene rings is 3. The molecule has 198 valence electrons. The van der Waals surface area contributed by atoms with Crippen LogP contribution in [0.15, 0.2) is 77.6 Å². The second-order valence-corrected chi connectivity index (χ2v) is 10.2. The van der Waals surface area contributed by atoms with Crippen LogP contribution in [0.4, 0.5) is 10.1 Å². The largest absolute Gasteiger partial charge is 0.369 e. The van der Waals surface area contributed by atoms with Crippen LogP contribution in [0.2, 0.25) is 0 Å². The molecule has 1 aliphatic heterocycles. The van der Waals surface area contributed by atoms with E-state index in [2.05, 4.69) is 43.3 Å². The SMILES string of the molecule is Cc1cc2cc([C@@H](c3nnnn3Cc3ccccc3)N3CCN(c4ccc(F)cc4)CC3)c(=O)[nH]c2cc1C. The summed E-state index contributed by atoms with van der Waals surface area (Å²) in [6, 6.07) is 22.3. The molecule has 2 aromatic heterocycles. The van der Waals surface area contributed by atoms with Gasteiger partial charge in [-0.05, 0) is 88.8 Å². The lowest BCUT2D eigenvalue weighted by atomic mass is 10.00. The standard InChI is InChI=1S/C30H30FN7O/c1-20-16-23-18-26(30(39)32-27(23)17-21(20)2)28(29-33-34-35-38(29)19-22-6-4-3-5-7-22)37-14-12-36(13-15-37)25-10-8-24(31)9-11-25/h3-11,16-18,28H,12-15,19H2,1-2H3,(H,32,39)/t28-/m0/s1. The number of hydrogen-bond acceptors (Lipinski definition) is 6. The fourth-order valence-corrected chi connectivity index (χ4v) is 5.36. The number of hydrogen-bond donors (Lipinski definition) is 1. The fourth-order valence-electron chi connectivity index (χ4n) is 5.36. The molecule has 39 heavy (non-hydrogen) atoms. The molecular weight excluding hydrogens is 493 g/mol. The Morgan fingerprint density at radius 1 is 0.923 bits per heavy atom. The van der Waals surface area contributed by atoms with Gasteiger partial charge in [0, 0.05) is 42.9 Å². The van der Waals surface area contributed by atoms with Gasteiger partial charge in [-0.1, -0.05) is 30.3 Å². The van der Waals surface area contributed by atoms with Gasteiger partial charge in [-0.2, -0.15) is 0 Å². The third kappa shape index (κ3) is 5.05. The van der Waals surface area contributed by atoms with E-state index >= 15 is 0 Å². The summed E-state index contributed by atoms with van der Waals surface area (Å²) in [6.07, 6.45) is 0. The van der Waals surface area contributed by atoms with E-state index in [0.717, 1.165) is 40.8 Å². The normalized spacial score (nSPS) is 15.1. The second-order valence-electron chi connectivity index (χ2n) is 10.2. The molecule has 1 atom stereocenters. The molecule has 1 fully saturated rings. The lowest BCUT2D eigenvalue weighted by Gasteiger charge is -2.39. The molecule has 0 unspecified atom stereocenters. The number of anilines is 1. The van der Waals surface area contributed by atoms with Crippen molar-refractivity contribution in [3.8, 4) is 0 Å². The van der Waals surface area contributed by atoms with Crippen LogP contribution in [0, 0.1) is 19.7 Å². The highest BCUT2D eigenvalue weighted by Crippen LogP contribution is 2.30. The van der Waals surface area contributed by atoms with Crippen molar-refractivity contribution in [2.45, 2.75) is 26.4 Å². The first kappa shape index (κ1) is 24.9. The quantitative estimate of drug-likeness (QED) is 0.359. The van der Waals surface area contributed by atoms with Crippen molar-refractivity contribution in [1.29, 1.82) is 0 Å². The highest BCUT2D eigenvalue weighted by molar-refractivity contribution is 5.81. The van der Waals surface area contributed by atoms with Gasteiger partial charge in [0.15, 0.2) is 5.82 Å².